The number of aliphatic carboxylic acids is 1. The smallest absolute Gasteiger partial charge is 0.321 e. The number of rotatable bonds is 20. The zero-order chi connectivity index (χ0) is 26.1. The summed E-state index contributed by atoms with van der Waals surface area (Å²) < 4.78 is 10.8. The van der Waals surface area contributed by atoms with Crippen molar-refractivity contribution in [3.63, 3.8) is 0 Å². The maximum atomic E-state index is 12.0. The summed E-state index contributed by atoms with van der Waals surface area (Å²) in [6.07, 6.45) is 11.5. The van der Waals surface area contributed by atoms with Crippen LogP contribution in [0.5, 0.6) is 0 Å². The fraction of sp³-hybridized carbons (Fsp3) is 0.889. The number of likely N-dealkylation sites (tertiary alicyclic amines) is 1. The van der Waals surface area contributed by atoms with Crippen LogP contribution in [0, 0.1) is 5.92 Å². The van der Waals surface area contributed by atoms with Gasteiger partial charge in [-0.3, -0.25) is 19.3 Å². The van der Waals surface area contributed by atoms with E-state index < -0.39 is 12.0 Å². The van der Waals surface area contributed by atoms with Crippen LogP contribution >= 0.6 is 0 Å². The van der Waals surface area contributed by atoms with E-state index in [0.717, 1.165) is 38.0 Å². The highest BCUT2D eigenvalue weighted by molar-refractivity contribution is 5.74. The summed E-state index contributed by atoms with van der Waals surface area (Å²) in [6.45, 7) is 6.72. The topological polar surface area (TPSA) is 96.4 Å². The van der Waals surface area contributed by atoms with Gasteiger partial charge in [0.05, 0.1) is 13.0 Å². The molecule has 0 aromatic heterocycles. The van der Waals surface area contributed by atoms with Crippen molar-refractivity contribution < 1.29 is 29.0 Å². The zero-order valence-corrected chi connectivity index (χ0v) is 22.6. The van der Waals surface area contributed by atoms with Crippen LogP contribution in [0.15, 0.2) is 0 Å². The van der Waals surface area contributed by atoms with Gasteiger partial charge in [-0.05, 0) is 45.8 Å². The summed E-state index contributed by atoms with van der Waals surface area (Å²) >= 11 is 0. The zero-order valence-electron chi connectivity index (χ0n) is 22.6. The number of carbonyl (C=O) groups is 3. The van der Waals surface area contributed by atoms with Gasteiger partial charge in [0.25, 0.3) is 0 Å². The van der Waals surface area contributed by atoms with E-state index in [2.05, 4.69) is 13.8 Å². The first-order valence-electron chi connectivity index (χ1n) is 13.7. The van der Waals surface area contributed by atoms with Crippen LogP contribution < -0.4 is 0 Å². The molecular formula is C27H50N2O6. The van der Waals surface area contributed by atoms with Crippen LogP contribution in [0.2, 0.25) is 0 Å². The molecule has 0 spiro atoms. The lowest BCUT2D eigenvalue weighted by Crippen LogP contribution is -2.36. The van der Waals surface area contributed by atoms with E-state index >= 15 is 0 Å². The van der Waals surface area contributed by atoms with Gasteiger partial charge in [0.15, 0.2) is 0 Å². The second-order valence-corrected chi connectivity index (χ2v) is 10.6. The number of unbranched alkanes of at least 4 members (excludes halogenated alkanes) is 7. The normalized spacial score (nSPS) is 18.3. The van der Waals surface area contributed by atoms with Crippen molar-refractivity contribution in [3.05, 3.63) is 0 Å². The number of carbonyl (C=O) groups excluding carboxylic acids is 2. The van der Waals surface area contributed by atoms with Crippen LogP contribution in [0.25, 0.3) is 0 Å². The molecule has 204 valence electrons. The van der Waals surface area contributed by atoms with Gasteiger partial charge in [0.1, 0.15) is 12.1 Å². The summed E-state index contributed by atoms with van der Waals surface area (Å²) in [5.74, 6) is -0.514. The van der Waals surface area contributed by atoms with E-state index in [0.29, 0.717) is 45.5 Å². The summed E-state index contributed by atoms with van der Waals surface area (Å²) in [6, 6.07) is -0.623. The van der Waals surface area contributed by atoms with Crippen LogP contribution in [0.1, 0.15) is 97.3 Å². The van der Waals surface area contributed by atoms with Crippen molar-refractivity contribution in [2.24, 2.45) is 5.92 Å². The molecule has 2 atom stereocenters. The van der Waals surface area contributed by atoms with Crippen LogP contribution in [0.4, 0.5) is 0 Å². The standard InChI is InChI=1S/C27H50N2O6/c1-22(2)14-10-7-5-6-8-13-19-34-25(30)15-11-9-12-17-29-21-23(20-24(29)27(32)33)35-26(31)16-18-28(3)4/h22-24H,5-21H2,1-4H3,(H,32,33)/t23?,24-/m0/s1. The third-order valence-corrected chi connectivity index (χ3v) is 6.48. The van der Waals surface area contributed by atoms with Crippen molar-refractivity contribution in [2.45, 2.75) is 109 Å². The summed E-state index contributed by atoms with van der Waals surface area (Å²) in [4.78, 5) is 39.3. The highest BCUT2D eigenvalue weighted by Crippen LogP contribution is 2.22. The first-order chi connectivity index (χ1) is 16.7. The van der Waals surface area contributed by atoms with Crippen molar-refractivity contribution in [1.29, 1.82) is 0 Å². The molecule has 0 aromatic carbocycles. The number of hydrogen-bond donors (Lipinski definition) is 1. The number of esters is 2. The minimum absolute atomic E-state index is 0.142. The van der Waals surface area contributed by atoms with E-state index in [9.17, 15) is 19.5 Å². The molecule has 1 rings (SSSR count). The molecule has 0 aliphatic carbocycles. The Morgan fingerprint density at radius 1 is 0.914 bits per heavy atom. The predicted octanol–water partition coefficient (Wildman–Crippen LogP) is 4.50. The second-order valence-electron chi connectivity index (χ2n) is 10.6. The molecule has 35 heavy (non-hydrogen) atoms. The van der Waals surface area contributed by atoms with E-state index in [-0.39, 0.29) is 18.0 Å². The first kappa shape index (κ1) is 31.4. The van der Waals surface area contributed by atoms with Crippen molar-refractivity contribution in [3.8, 4) is 0 Å². The van der Waals surface area contributed by atoms with Crippen LogP contribution in [-0.2, 0) is 23.9 Å². The van der Waals surface area contributed by atoms with Crippen molar-refractivity contribution >= 4 is 17.9 Å². The van der Waals surface area contributed by atoms with Crippen molar-refractivity contribution in [1.82, 2.24) is 9.80 Å². The summed E-state index contributed by atoms with van der Waals surface area (Å²) in [5.41, 5.74) is 0. The molecule has 1 aliphatic rings. The SMILES string of the molecule is CC(C)CCCCCCCCOC(=O)CCCCCN1CC(OC(=O)CCN(C)C)C[C@H]1C(=O)O. The second kappa shape index (κ2) is 18.6. The summed E-state index contributed by atoms with van der Waals surface area (Å²) in [7, 11) is 3.78. The van der Waals surface area contributed by atoms with E-state index in [4.69, 9.17) is 9.47 Å². The molecule has 0 bridgehead atoms. The molecule has 1 unspecified atom stereocenters. The van der Waals surface area contributed by atoms with Gasteiger partial charge in [-0.15, -0.1) is 0 Å². The molecule has 8 nitrogen and oxygen atoms in total. The lowest BCUT2D eigenvalue weighted by Gasteiger charge is -2.20. The molecule has 1 N–H and O–H groups in total. The number of hydrogen-bond acceptors (Lipinski definition) is 7. The Morgan fingerprint density at radius 3 is 2.23 bits per heavy atom. The largest absolute Gasteiger partial charge is 0.480 e. The number of carboxylic acids is 1. The molecule has 1 saturated heterocycles. The Balaban J connectivity index is 2.09. The molecule has 0 amide bonds. The predicted molar refractivity (Wildman–Crippen MR) is 137 cm³/mol. The minimum Gasteiger partial charge on any atom is -0.480 e. The average Bonchev–Trinajstić information content (AvgIpc) is 3.18. The Labute approximate surface area is 212 Å². The lowest BCUT2D eigenvalue weighted by molar-refractivity contribution is -0.149. The third-order valence-electron chi connectivity index (χ3n) is 6.48. The molecular weight excluding hydrogens is 448 g/mol. The van der Waals surface area contributed by atoms with E-state index in [1.165, 1.54) is 32.1 Å². The van der Waals surface area contributed by atoms with Gasteiger partial charge in [0, 0.05) is 25.9 Å². The van der Waals surface area contributed by atoms with Gasteiger partial charge in [-0.2, -0.15) is 0 Å². The molecule has 1 fully saturated rings. The Kier molecular flexibility index (Phi) is 16.6. The first-order valence-corrected chi connectivity index (χ1v) is 13.7. The van der Waals surface area contributed by atoms with Crippen LogP contribution in [0.3, 0.4) is 0 Å². The Bertz CT molecular complexity index is 610. The third kappa shape index (κ3) is 15.8. The molecule has 0 radical (unpaired) electrons. The van der Waals surface area contributed by atoms with Gasteiger partial charge >= 0.3 is 17.9 Å². The fourth-order valence-corrected chi connectivity index (χ4v) is 4.39. The number of carboxylic acid groups (broad SMARTS) is 1. The minimum atomic E-state index is -0.879. The van der Waals surface area contributed by atoms with Crippen molar-refractivity contribution in [2.75, 3.05) is 40.3 Å². The van der Waals surface area contributed by atoms with E-state index in [1.807, 2.05) is 23.9 Å². The average molecular weight is 499 g/mol. The lowest BCUT2D eigenvalue weighted by atomic mass is 10.0. The molecule has 0 aromatic rings. The highest BCUT2D eigenvalue weighted by atomic mass is 16.5. The Hall–Kier alpha value is -1.67. The molecule has 8 heteroatoms. The molecule has 0 saturated carbocycles. The maximum absolute atomic E-state index is 12.0. The fourth-order valence-electron chi connectivity index (χ4n) is 4.39. The molecule has 1 heterocycles. The highest BCUT2D eigenvalue weighted by Gasteiger charge is 2.38. The Morgan fingerprint density at radius 2 is 1.57 bits per heavy atom. The molecule has 1 aliphatic heterocycles. The van der Waals surface area contributed by atoms with Gasteiger partial charge in [-0.1, -0.05) is 58.8 Å². The van der Waals surface area contributed by atoms with Gasteiger partial charge in [0.2, 0.25) is 0 Å². The van der Waals surface area contributed by atoms with Crippen LogP contribution in [-0.4, -0.2) is 85.3 Å². The number of nitrogens with zero attached hydrogens (tertiary/aromatic N) is 2. The maximum Gasteiger partial charge on any atom is 0.321 e. The van der Waals surface area contributed by atoms with Gasteiger partial charge < -0.3 is 19.5 Å². The monoisotopic (exact) mass is 498 g/mol. The van der Waals surface area contributed by atoms with Gasteiger partial charge in [-0.25, -0.2) is 0 Å². The quantitative estimate of drug-likeness (QED) is 0.194. The van der Waals surface area contributed by atoms with E-state index in [1.54, 1.807) is 0 Å². The number of ether oxygens (including phenoxy) is 2. The summed E-state index contributed by atoms with van der Waals surface area (Å²) in [5, 5.41) is 9.53.